The molecule has 0 aliphatic rings. The molecule has 3 aromatic rings. The summed E-state index contributed by atoms with van der Waals surface area (Å²) in [5.41, 5.74) is 2.13. The number of rotatable bonds is 5. The lowest BCUT2D eigenvalue weighted by atomic mass is 10.3. The number of hydrogen-bond donors (Lipinski definition) is 2. The molecule has 0 saturated carbocycles. The van der Waals surface area contributed by atoms with E-state index in [0.717, 1.165) is 23.8 Å². The van der Waals surface area contributed by atoms with Gasteiger partial charge in [0.1, 0.15) is 12.4 Å². The van der Waals surface area contributed by atoms with E-state index in [1.807, 2.05) is 35.9 Å². The molecule has 2 aromatic carbocycles. The number of carbonyl (C=O) groups is 2. The van der Waals surface area contributed by atoms with E-state index in [9.17, 15) is 18.0 Å². The molecule has 2 amide bonds. The van der Waals surface area contributed by atoms with Crippen molar-refractivity contribution in [2.45, 2.75) is 25.3 Å². The SMILES string of the molecule is CC(=O)NS(=O)(=O)c1ccc(NC(=O)Cn2c(C)nc3ccccc32)cc1. The Balaban J connectivity index is 1.73. The third-order valence-corrected chi connectivity index (χ3v) is 5.32. The molecule has 1 aromatic heterocycles. The van der Waals surface area contributed by atoms with Crippen LogP contribution in [0, 0.1) is 6.92 Å². The summed E-state index contributed by atoms with van der Waals surface area (Å²) in [7, 11) is -3.90. The van der Waals surface area contributed by atoms with Gasteiger partial charge in [-0.25, -0.2) is 18.1 Å². The molecule has 0 spiro atoms. The Bertz CT molecular complexity index is 1120. The number of fused-ring (bicyclic) bond motifs is 1. The minimum atomic E-state index is -3.90. The number of benzene rings is 2. The van der Waals surface area contributed by atoms with Gasteiger partial charge in [-0.05, 0) is 43.3 Å². The van der Waals surface area contributed by atoms with Crippen LogP contribution in [0.4, 0.5) is 5.69 Å². The minimum absolute atomic E-state index is 0.0628. The first-order valence-electron chi connectivity index (χ1n) is 8.11. The highest BCUT2D eigenvalue weighted by molar-refractivity contribution is 7.90. The molecule has 0 fully saturated rings. The zero-order chi connectivity index (χ0) is 19.6. The van der Waals surface area contributed by atoms with E-state index in [-0.39, 0.29) is 17.3 Å². The van der Waals surface area contributed by atoms with Gasteiger partial charge in [0, 0.05) is 12.6 Å². The van der Waals surface area contributed by atoms with Gasteiger partial charge in [0.15, 0.2) is 0 Å². The Morgan fingerprint density at radius 3 is 2.41 bits per heavy atom. The van der Waals surface area contributed by atoms with Crippen molar-refractivity contribution < 1.29 is 18.0 Å². The second kappa shape index (κ2) is 7.20. The fourth-order valence-corrected chi connectivity index (χ4v) is 3.70. The number of amides is 2. The van der Waals surface area contributed by atoms with Crippen LogP contribution in [0.2, 0.25) is 0 Å². The van der Waals surface area contributed by atoms with Crippen molar-refractivity contribution in [2.24, 2.45) is 0 Å². The van der Waals surface area contributed by atoms with Gasteiger partial charge in [-0.3, -0.25) is 9.59 Å². The predicted octanol–water partition coefficient (Wildman–Crippen LogP) is 1.81. The molecule has 1 heterocycles. The third-order valence-electron chi connectivity index (χ3n) is 3.87. The van der Waals surface area contributed by atoms with E-state index >= 15 is 0 Å². The fraction of sp³-hybridized carbons (Fsp3) is 0.167. The molecule has 0 aliphatic carbocycles. The summed E-state index contributed by atoms with van der Waals surface area (Å²) in [4.78, 5) is 27.7. The van der Waals surface area contributed by atoms with Gasteiger partial charge in [-0.1, -0.05) is 12.1 Å². The van der Waals surface area contributed by atoms with Crippen LogP contribution in [0.15, 0.2) is 53.4 Å². The quantitative estimate of drug-likeness (QED) is 0.695. The van der Waals surface area contributed by atoms with E-state index in [0.29, 0.717) is 5.69 Å². The number of para-hydroxylation sites is 2. The Labute approximate surface area is 156 Å². The van der Waals surface area contributed by atoms with E-state index in [4.69, 9.17) is 0 Å². The molecule has 0 unspecified atom stereocenters. The van der Waals surface area contributed by atoms with Crippen molar-refractivity contribution >= 4 is 38.6 Å². The van der Waals surface area contributed by atoms with Crippen molar-refractivity contribution in [3.8, 4) is 0 Å². The van der Waals surface area contributed by atoms with Crippen LogP contribution < -0.4 is 10.0 Å². The van der Waals surface area contributed by atoms with Crippen LogP contribution in [-0.4, -0.2) is 29.8 Å². The molecule has 9 heteroatoms. The van der Waals surface area contributed by atoms with Gasteiger partial charge < -0.3 is 9.88 Å². The molecule has 0 aliphatic heterocycles. The predicted molar refractivity (Wildman–Crippen MR) is 101 cm³/mol. The Morgan fingerprint density at radius 1 is 1.07 bits per heavy atom. The van der Waals surface area contributed by atoms with Gasteiger partial charge in [-0.2, -0.15) is 0 Å². The maximum absolute atomic E-state index is 12.4. The molecule has 0 bridgehead atoms. The van der Waals surface area contributed by atoms with Gasteiger partial charge in [0.25, 0.3) is 10.0 Å². The summed E-state index contributed by atoms with van der Waals surface area (Å²) in [6, 6.07) is 13.1. The number of carbonyl (C=O) groups excluding carboxylic acids is 2. The highest BCUT2D eigenvalue weighted by atomic mass is 32.2. The van der Waals surface area contributed by atoms with E-state index in [1.165, 1.54) is 24.3 Å². The minimum Gasteiger partial charge on any atom is -0.325 e. The molecule has 0 radical (unpaired) electrons. The second-order valence-electron chi connectivity index (χ2n) is 5.97. The first-order valence-corrected chi connectivity index (χ1v) is 9.60. The topological polar surface area (TPSA) is 110 Å². The van der Waals surface area contributed by atoms with Crippen LogP contribution in [0.5, 0.6) is 0 Å². The average Bonchev–Trinajstić information content (AvgIpc) is 2.90. The first-order chi connectivity index (χ1) is 12.8. The number of imidazole rings is 1. The molecular weight excluding hydrogens is 368 g/mol. The summed E-state index contributed by atoms with van der Waals surface area (Å²) in [5.74, 6) is -0.211. The summed E-state index contributed by atoms with van der Waals surface area (Å²) >= 11 is 0. The molecule has 0 saturated heterocycles. The van der Waals surface area contributed by atoms with Crippen molar-refractivity contribution in [3.05, 3.63) is 54.4 Å². The molecule has 27 heavy (non-hydrogen) atoms. The summed E-state index contributed by atoms with van der Waals surface area (Å²) in [5, 5.41) is 2.72. The van der Waals surface area contributed by atoms with Crippen molar-refractivity contribution in [2.75, 3.05) is 5.32 Å². The second-order valence-corrected chi connectivity index (χ2v) is 7.65. The molecule has 2 N–H and O–H groups in total. The third kappa shape index (κ3) is 4.14. The van der Waals surface area contributed by atoms with Crippen molar-refractivity contribution in [1.82, 2.24) is 14.3 Å². The smallest absolute Gasteiger partial charge is 0.264 e. The van der Waals surface area contributed by atoms with Gasteiger partial charge in [0.2, 0.25) is 11.8 Å². The maximum atomic E-state index is 12.4. The highest BCUT2D eigenvalue weighted by Gasteiger charge is 2.16. The van der Waals surface area contributed by atoms with Gasteiger partial charge in [0.05, 0.1) is 15.9 Å². The van der Waals surface area contributed by atoms with Crippen molar-refractivity contribution in [1.29, 1.82) is 0 Å². The van der Waals surface area contributed by atoms with Crippen LogP contribution in [0.25, 0.3) is 11.0 Å². The van der Waals surface area contributed by atoms with Gasteiger partial charge in [-0.15, -0.1) is 0 Å². The molecule has 0 atom stereocenters. The van der Waals surface area contributed by atoms with Crippen LogP contribution in [0.3, 0.4) is 0 Å². The summed E-state index contributed by atoms with van der Waals surface area (Å²) in [6.07, 6.45) is 0. The molecule has 140 valence electrons. The number of nitrogens with one attached hydrogen (secondary N) is 2. The largest absolute Gasteiger partial charge is 0.325 e. The monoisotopic (exact) mass is 386 g/mol. The lowest BCUT2D eigenvalue weighted by Crippen LogP contribution is -2.28. The Morgan fingerprint density at radius 2 is 1.74 bits per heavy atom. The zero-order valence-corrected chi connectivity index (χ0v) is 15.6. The van der Waals surface area contributed by atoms with Crippen LogP contribution >= 0.6 is 0 Å². The Hall–Kier alpha value is -3.20. The molecular formula is C18H18N4O4S. The lowest BCUT2D eigenvalue weighted by molar-refractivity contribution is -0.117. The Kier molecular flexibility index (Phi) is 4.95. The van der Waals surface area contributed by atoms with Crippen LogP contribution in [-0.2, 0) is 26.2 Å². The number of anilines is 1. The number of nitrogens with zero attached hydrogens (tertiary/aromatic N) is 2. The number of aryl methyl sites for hydroxylation is 1. The van der Waals surface area contributed by atoms with Crippen LogP contribution in [0.1, 0.15) is 12.7 Å². The molecule has 8 nitrogen and oxygen atoms in total. The highest BCUT2D eigenvalue weighted by Crippen LogP contribution is 2.17. The van der Waals surface area contributed by atoms with E-state index < -0.39 is 15.9 Å². The normalized spacial score (nSPS) is 11.3. The van der Waals surface area contributed by atoms with E-state index in [1.54, 1.807) is 4.57 Å². The average molecular weight is 386 g/mol. The summed E-state index contributed by atoms with van der Waals surface area (Å²) in [6.45, 7) is 3.03. The van der Waals surface area contributed by atoms with Gasteiger partial charge >= 0.3 is 0 Å². The van der Waals surface area contributed by atoms with E-state index in [2.05, 4.69) is 10.3 Å². The maximum Gasteiger partial charge on any atom is 0.264 e. The van der Waals surface area contributed by atoms with Crippen molar-refractivity contribution in [3.63, 3.8) is 0 Å². The standard InChI is InChI=1S/C18H18N4O4S/c1-12-19-16-5-3-4-6-17(16)22(12)11-18(24)20-14-7-9-15(10-8-14)27(25,26)21-13(2)23/h3-10H,11H2,1-2H3,(H,20,24)(H,21,23). The molecule has 3 rings (SSSR count). The fourth-order valence-electron chi connectivity index (χ4n) is 2.71. The number of hydrogen-bond acceptors (Lipinski definition) is 5. The lowest BCUT2D eigenvalue weighted by Gasteiger charge is -2.09. The number of aromatic nitrogens is 2. The zero-order valence-electron chi connectivity index (χ0n) is 14.8. The first kappa shape index (κ1) is 18.6. The summed E-state index contributed by atoms with van der Waals surface area (Å²) < 4.78 is 27.5. The number of sulfonamides is 1.